The highest BCUT2D eigenvalue weighted by atomic mass is 16.3. The molecule has 21 heavy (non-hydrogen) atoms. The summed E-state index contributed by atoms with van der Waals surface area (Å²) >= 11 is 0. The van der Waals surface area contributed by atoms with E-state index in [-0.39, 0.29) is 24.7 Å². The number of pyridine rings is 1. The van der Waals surface area contributed by atoms with Crippen LogP contribution < -0.4 is 15.5 Å². The summed E-state index contributed by atoms with van der Waals surface area (Å²) in [6.45, 7) is 3.80. The monoisotopic (exact) mass is 292 g/mol. The fourth-order valence-electron chi connectivity index (χ4n) is 2.55. The molecule has 2 amide bonds. The number of rotatable bonds is 6. The lowest BCUT2D eigenvalue weighted by molar-refractivity contribution is 0.231. The molecule has 0 aliphatic carbocycles. The van der Waals surface area contributed by atoms with Crippen LogP contribution in [0.2, 0.25) is 0 Å². The third kappa shape index (κ3) is 4.90. The molecule has 3 N–H and O–H groups in total. The first kappa shape index (κ1) is 15.6. The molecule has 1 fully saturated rings. The summed E-state index contributed by atoms with van der Waals surface area (Å²) < 4.78 is 0. The second-order valence-corrected chi connectivity index (χ2v) is 5.50. The number of nitrogens with one attached hydrogen (secondary N) is 2. The number of urea groups is 1. The molecule has 1 aromatic heterocycles. The van der Waals surface area contributed by atoms with E-state index in [1.807, 2.05) is 25.1 Å². The molecule has 116 valence electrons. The lowest BCUT2D eigenvalue weighted by atomic mass is 10.2. The Labute approximate surface area is 125 Å². The van der Waals surface area contributed by atoms with E-state index in [1.165, 1.54) is 0 Å². The molecule has 0 spiro atoms. The minimum atomic E-state index is -0.131. The number of hydrogen-bond acceptors (Lipinski definition) is 4. The quantitative estimate of drug-likeness (QED) is 0.734. The molecule has 2 unspecified atom stereocenters. The fraction of sp³-hybridized carbons (Fsp3) is 0.600. The Balaban J connectivity index is 1.73. The van der Waals surface area contributed by atoms with E-state index in [0.29, 0.717) is 6.42 Å². The van der Waals surface area contributed by atoms with Crippen molar-refractivity contribution in [3.8, 4) is 0 Å². The van der Waals surface area contributed by atoms with E-state index in [1.54, 1.807) is 6.20 Å². The Bertz CT molecular complexity index is 441. The molecule has 1 aliphatic rings. The topological polar surface area (TPSA) is 77.5 Å². The Morgan fingerprint density at radius 2 is 2.43 bits per heavy atom. The van der Waals surface area contributed by atoms with Gasteiger partial charge in [-0.2, -0.15) is 0 Å². The Morgan fingerprint density at radius 1 is 1.57 bits per heavy atom. The zero-order valence-electron chi connectivity index (χ0n) is 12.5. The SMILES string of the molecule is CC(CCCO)NC(=O)NC1CCN(c2ccccn2)C1. The normalized spacial score (nSPS) is 19.3. The van der Waals surface area contributed by atoms with Crippen molar-refractivity contribution >= 4 is 11.8 Å². The summed E-state index contributed by atoms with van der Waals surface area (Å²) in [7, 11) is 0. The van der Waals surface area contributed by atoms with E-state index in [0.717, 1.165) is 31.7 Å². The summed E-state index contributed by atoms with van der Waals surface area (Å²) in [4.78, 5) is 18.4. The van der Waals surface area contributed by atoms with Gasteiger partial charge in [-0.15, -0.1) is 0 Å². The highest BCUT2D eigenvalue weighted by Crippen LogP contribution is 2.17. The molecular weight excluding hydrogens is 268 g/mol. The van der Waals surface area contributed by atoms with Crippen LogP contribution in [-0.2, 0) is 0 Å². The number of aromatic nitrogens is 1. The first-order valence-electron chi connectivity index (χ1n) is 7.53. The summed E-state index contributed by atoms with van der Waals surface area (Å²) in [5, 5.41) is 14.7. The van der Waals surface area contributed by atoms with Crippen LogP contribution in [0.3, 0.4) is 0 Å². The number of amides is 2. The molecule has 1 aliphatic heterocycles. The first-order valence-corrected chi connectivity index (χ1v) is 7.53. The molecule has 6 heteroatoms. The van der Waals surface area contributed by atoms with Crippen LogP contribution in [0, 0.1) is 0 Å². The maximum absolute atomic E-state index is 11.9. The van der Waals surface area contributed by atoms with Crippen LogP contribution in [0.5, 0.6) is 0 Å². The standard InChI is InChI=1S/C15H24N4O2/c1-12(5-4-10-20)17-15(21)18-13-7-9-19(11-13)14-6-2-3-8-16-14/h2-3,6,8,12-13,20H,4-5,7,9-11H2,1H3,(H2,17,18,21). The number of anilines is 1. The van der Waals surface area contributed by atoms with Crippen LogP contribution in [-0.4, -0.2) is 47.9 Å². The summed E-state index contributed by atoms with van der Waals surface area (Å²) in [6.07, 6.45) is 4.20. The smallest absolute Gasteiger partial charge is 0.315 e. The first-order chi connectivity index (χ1) is 10.2. The number of aliphatic hydroxyl groups is 1. The van der Waals surface area contributed by atoms with Gasteiger partial charge in [-0.05, 0) is 38.3 Å². The van der Waals surface area contributed by atoms with Crippen LogP contribution in [0.25, 0.3) is 0 Å². The molecule has 0 bridgehead atoms. The zero-order valence-corrected chi connectivity index (χ0v) is 12.5. The highest BCUT2D eigenvalue weighted by molar-refractivity contribution is 5.74. The average molecular weight is 292 g/mol. The molecule has 2 heterocycles. The van der Waals surface area contributed by atoms with Crippen molar-refractivity contribution in [2.45, 2.75) is 38.3 Å². The van der Waals surface area contributed by atoms with Gasteiger partial charge < -0.3 is 20.6 Å². The van der Waals surface area contributed by atoms with Gasteiger partial charge in [0.25, 0.3) is 0 Å². The molecular formula is C15H24N4O2. The van der Waals surface area contributed by atoms with Crippen molar-refractivity contribution < 1.29 is 9.90 Å². The van der Waals surface area contributed by atoms with E-state index in [4.69, 9.17) is 5.11 Å². The Hall–Kier alpha value is -1.82. The summed E-state index contributed by atoms with van der Waals surface area (Å²) in [5.74, 6) is 0.957. The average Bonchev–Trinajstić information content (AvgIpc) is 2.94. The van der Waals surface area contributed by atoms with E-state index < -0.39 is 0 Å². The van der Waals surface area contributed by atoms with Crippen molar-refractivity contribution in [1.29, 1.82) is 0 Å². The van der Waals surface area contributed by atoms with E-state index in [9.17, 15) is 4.79 Å². The van der Waals surface area contributed by atoms with E-state index >= 15 is 0 Å². The van der Waals surface area contributed by atoms with Crippen molar-refractivity contribution in [2.24, 2.45) is 0 Å². The maximum Gasteiger partial charge on any atom is 0.315 e. The molecule has 6 nitrogen and oxygen atoms in total. The van der Waals surface area contributed by atoms with Gasteiger partial charge in [-0.25, -0.2) is 9.78 Å². The van der Waals surface area contributed by atoms with Gasteiger partial charge in [0.15, 0.2) is 0 Å². The van der Waals surface area contributed by atoms with Crippen LogP contribution in [0.1, 0.15) is 26.2 Å². The largest absolute Gasteiger partial charge is 0.396 e. The van der Waals surface area contributed by atoms with Gasteiger partial charge in [0.05, 0.1) is 0 Å². The molecule has 2 atom stereocenters. The second-order valence-electron chi connectivity index (χ2n) is 5.50. The lowest BCUT2D eigenvalue weighted by Crippen LogP contribution is -2.46. The predicted octanol–water partition coefficient (Wildman–Crippen LogP) is 1.12. The lowest BCUT2D eigenvalue weighted by Gasteiger charge is -2.19. The van der Waals surface area contributed by atoms with Gasteiger partial charge in [0, 0.05) is 38.0 Å². The maximum atomic E-state index is 11.9. The van der Waals surface area contributed by atoms with Gasteiger partial charge in [-0.1, -0.05) is 6.07 Å². The second kappa shape index (κ2) is 7.83. The summed E-state index contributed by atoms with van der Waals surface area (Å²) in [5.41, 5.74) is 0. The van der Waals surface area contributed by atoms with Crippen molar-refractivity contribution in [3.05, 3.63) is 24.4 Å². The number of carbonyl (C=O) groups is 1. The van der Waals surface area contributed by atoms with Gasteiger partial charge in [-0.3, -0.25) is 0 Å². The molecule has 1 saturated heterocycles. The molecule has 2 rings (SSSR count). The van der Waals surface area contributed by atoms with Crippen LogP contribution >= 0.6 is 0 Å². The van der Waals surface area contributed by atoms with Crippen LogP contribution in [0.15, 0.2) is 24.4 Å². The van der Waals surface area contributed by atoms with Crippen LogP contribution in [0.4, 0.5) is 10.6 Å². The molecule has 0 saturated carbocycles. The number of nitrogens with zero attached hydrogens (tertiary/aromatic N) is 2. The Morgan fingerprint density at radius 3 is 3.14 bits per heavy atom. The summed E-state index contributed by atoms with van der Waals surface area (Å²) in [6, 6.07) is 5.95. The highest BCUT2D eigenvalue weighted by Gasteiger charge is 2.24. The van der Waals surface area contributed by atoms with Crippen molar-refractivity contribution in [3.63, 3.8) is 0 Å². The fourth-order valence-corrected chi connectivity index (χ4v) is 2.55. The van der Waals surface area contributed by atoms with Crippen molar-refractivity contribution in [2.75, 3.05) is 24.6 Å². The van der Waals surface area contributed by atoms with Gasteiger partial charge in [0.2, 0.25) is 0 Å². The predicted molar refractivity (Wildman–Crippen MR) is 82.3 cm³/mol. The minimum Gasteiger partial charge on any atom is -0.396 e. The molecule has 1 aromatic rings. The van der Waals surface area contributed by atoms with Gasteiger partial charge in [0.1, 0.15) is 5.82 Å². The molecule has 0 radical (unpaired) electrons. The molecule has 0 aromatic carbocycles. The Kier molecular flexibility index (Phi) is 5.80. The number of carbonyl (C=O) groups excluding carboxylic acids is 1. The number of hydrogen-bond donors (Lipinski definition) is 3. The van der Waals surface area contributed by atoms with E-state index in [2.05, 4.69) is 20.5 Å². The number of aliphatic hydroxyl groups excluding tert-OH is 1. The zero-order chi connectivity index (χ0) is 15.1. The van der Waals surface area contributed by atoms with Crippen molar-refractivity contribution in [1.82, 2.24) is 15.6 Å². The third-order valence-corrected chi connectivity index (χ3v) is 3.67. The third-order valence-electron chi connectivity index (χ3n) is 3.67. The minimum absolute atomic E-state index is 0.0745. The van der Waals surface area contributed by atoms with Gasteiger partial charge >= 0.3 is 6.03 Å².